The second-order valence-corrected chi connectivity index (χ2v) is 5.58. The van der Waals surface area contributed by atoms with Gasteiger partial charge in [0.05, 0.1) is 5.69 Å². The molecule has 3 rings (SSSR count). The molecule has 4 nitrogen and oxygen atoms in total. The zero-order valence-corrected chi connectivity index (χ0v) is 10.1. The van der Waals surface area contributed by atoms with Crippen molar-refractivity contribution in [1.29, 1.82) is 0 Å². The van der Waals surface area contributed by atoms with E-state index in [1.165, 1.54) is 25.7 Å². The van der Waals surface area contributed by atoms with Crippen molar-refractivity contribution in [3.63, 3.8) is 0 Å². The molecule has 4 heteroatoms. The van der Waals surface area contributed by atoms with Gasteiger partial charge in [0.2, 0.25) is 0 Å². The Kier molecular flexibility index (Phi) is 2.45. The summed E-state index contributed by atoms with van der Waals surface area (Å²) in [6, 6.07) is 0. The highest BCUT2D eigenvalue weighted by atomic mass is 16.4. The maximum absolute atomic E-state index is 11.0. The van der Waals surface area contributed by atoms with Crippen LogP contribution >= 0.6 is 0 Å². The highest BCUT2D eigenvalue weighted by Gasteiger charge is 2.36. The summed E-state index contributed by atoms with van der Waals surface area (Å²) in [6.07, 6.45) is 6.08. The zero-order valence-electron chi connectivity index (χ0n) is 10.1. The molecular weight excluding hydrogens is 216 g/mol. The first-order valence-corrected chi connectivity index (χ1v) is 6.47. The van der Waals surface area contributed by atoms with Gasteiger partial charge in [-0.15, -0.1) is 0 Å². The number of aromatic carboxylic acids is 1. The van der Waals surface area contributed by atoms with Gasteiger partial charge in [-0.1, -0.05) is 19.8 Å². The Bertz CT molecular complexity index is 448. The number of rotatable bonds is 4. The number of fused-ring (bicyclic) bond motifs is 1. The SMILES string of the molecule is C[C@@H]1Cc2c(n[nH]c2C(=O)O)[C@@H]1CCC1CC1. The standard InChI is InChI=1S/C13H18N2O2/c1-7-6-10-11(14-15-12(10)13(16)17)9(7)5-4-8-2-3-8/h7-9H,2-6H2,1H3,(H,14,15)(H,16,17)/t7-,9-/m1/s1. The van der Waals surface area contributed by atoms with Crippen molar-refractivity contribution in [2.45, 2.75) is 44.9 Å². The van der Waals surface area contributed by atoms with Crippen molar-refractivity contribution in [3.8, 4) is 0 Å². The lowest BCUT2D eigenvalue weighted by atomic mass is 9.91. The number of carboxylic acids is 1. The molecule has 0 saturated heterocycles. The van der Waals surface area contributed by atoms with Gasteiger partial charge in [0, 0.05) is 11.5 Å². The normalized spacial score (nSPS) is 27.1. The lowest BCUT2D eigenvalue weighted by Crippen LogP contribution is -2.06. The van der Waals surface area contributed by atoms with E-state index in [4.69, 9.17) is 5.11 Å². The van der Waals surface area contributed by atoms with Gasteiger partial charge < -0.3 is 5.11 Å². The van der Waals surface area contributed by atoms with Crippen LogP contribution in [-0.2, 0) is 6.42 Å². The fourth-order valence-electron chi connectivity index (χ4n) is 3.05. The molecule has 0 amide bonds. The van der Waals surface area contributed by atoms with Crippen molar-refractivity contribution in [2.24, 2.45) is 11.8 Å². The van der Waals surface area contributed by atoms with Crippen LogP contribution in [0.1, 0.15) is 60.3 Å². The van der Waals surface area contributed by atoms with Crippen LogP contribution in [0.2, 0.25) is 0 Å². The summed E-state index contributed by atoms with van der Waals surface area (Å²) in [5, 5.41) is 16.0. The Morgan fingerprint density at radius 3 is 2.88 bits per heavy atom. The van der Waals surface area contributed by atoms with Crippen molar-refractivity contribution in [2.75, 3.05) is 0 Å². The van der Waals surface area contributed by atoms with E-state index in [2.05, 4.69) is 17.1 Å². The highest BCUT2D eigenvalue weighted by molar-refractivity contribution is 5.87. The molecule has 0 bridgehead atoms. The van der Waals surface area contributed by atoms with Crippen LogP contribution < -0.4 is 0 Å². The van der Waals surface area contributed by atoms with E-state index in [0.717, 1.165) is 23.6 Å². The average molecular weight is 234 g/mol. The number of carboxylic acid groups (broad SMARTS) is 1. The van der Waals surface area contributed by atoms with Crippen LogP contribution in [0.4, 0.5) is 0 Å². The van der Waals surface area contributed by atoms with E-state index in [1.54, 1.807) is 0 Å². The summed E-state index contributed by atoms with van der Waals surface area (Å²) >= 11 is 0. The van der Waals surface area contributed by atoms with Gasteiger partial charge in [-0.3, -0.25) is 5.10 Å². The molecule has 2 aliphatic carbocycles. The Labute approximate surface area is 100 Å². The second-order valence-electron chi connectivity index (χ2n) is 5.58. The molecule has 0 radical (unpaired) electrons. The maximum atomic E-state index is 11.0. The van der Waals surface area contributed by atoms with Crippen LogP contribution in [0.3, 0.4) is 0 Å². The lowest BCUT2D eigenvalue weighted by molar-refractivity contribution is 0.0689. The van der Waals surface area contributed by atoms with Crippen LogP contribution in [0.25, 0.3) is 0 Å². The van der Waals surface area contributed by atoms with Gasteiger partial charge in [-0.2, -0.15) is 5.10 Å². The molecule has 0 aromatic carbocycles. The van der Waals surface area contributed by atoms with E-state index in [0.29, 0.717) is 17.5 Å². The predicted molar refractivity (Wildman–Crippen MR) is 63.1 cm³/mol. The number of hydrogen-bond donors (Lipinski definition) is 2. The Hall–Kier alpha value is -1.32. The molecule has 2 atom stereocenters. The first-order valence-electron chi connectivity index (χ1n) is 6.47. The van der Waals surface area contributed by atoms with Gasteiger partial charge in [0.25, 0.3) is 0 Å². The number of hydrogen-bond acceptors (Lipinski definition) is 2. The summed E-state index contributed by atoms with van der Waals surface area (Å²) in [5.41, 5.74) is 2.28. The van der Waals surface area contributed by atoms with E-state index in [-0.39, 0.29) is 0 Å². The number of nitrogens with zero attached hydrogens (tertiary/aromatic N) is 1. The van der Waals surface area contributed by atoms with Crippen molar-refractivity contribution < 1.29 is 9.90 Å². The van der Waals surface area contributed by atoms with Crippen molar-refractivity contribution >= 4 is 5.97 Å². The monoisotopic (exact) mass is 234 g/mol. The van der Waals surface area contributed by atoms with Crippen molar-refractivity contribution in [1.82, 2.24) is 10.2 Å². The smallest absolute Gasteiger partial charge is 0.354 e. The molecule has 92 valence electrons. The molecule has 1 fully saturated rings. The van der Waals surface area contributed by atoms with E-state index in [9.17, 15) is 4.79 Å². The first kappa shape index (κ1) is 10.8. The van der Waals surface area contributed by atoms with Crippen LogP contribution in [0.15, 0.2) is 0 Å². The van der Waals surface area contributed by atoms with Gasteiger partial charge in [0.1, 0.15) is 5.69 Å². The van der Waals surface area contributed by atoms with E-state index in [1.807, 2.05) is 0 Å². The van der Waals surface area contributed by atoms with Gasteiger partial charge >= 0.3 is 5.97 Å². The molecule has 2 N–H and O–H groups in total. The fourth-order valence-corrected chi connectivity index (χ4v) is 3.05. The minimum Gasteiger partial charge on any atom is -0.477 e. The van der Waals surface area contributed by atoms with Crippen molar-refractivity contribution in [3.05, 3.63) is 17.0 Å². The topological polar surface area (TPSA) is 66.0 Å². The number of aromatic amines is 1. The molecule has 1 heterocycles. The largest absolute Gasteiger partial charge is 0.477 e. The van der Waals surface area contributed by atoms with Gasteiger partial charge in [-0.05, 0) is 31.1 Å². The maximum Gasteiger partial charge on any atom is 0.354 e. The Balaban J connectivity index is 1.80. The third-order valence-corrected chi connectivity index (χ3v) is 4.26. The predicted octanol–water partition coefficient (Wildman–Crippen LogP) is 2.57. The molecule has 0 aliphatic heterocycles. The molecular formula is C13H18N2O2. The molecule has 0 unspecified atom stereocenters. The number of aromatic nitrogens is 2. The highest BCUT2D eigenvalue weighted by Crippen LogP contribution is 2.44. The summed E-state index contributed by atoms with van der Waals surface area (Å²) in [4.78, 5) is 11.0. The summed E-state index contributed by atoms with van der Waals surface area (Å²) in [7, 11) is 0. The molecule has 1 saturated carbocycles. The summed E-state index contributed by atoms with van der Waals surface area (Å²) in [6.45, 7) is 2.21. The van der Waals surface area contributed by atoms with Crippen LogP contribution in [-0.4, -0.2) is 21.3 Å². The van der Waals surface area contributed by atoms with Crippen LogP contribution in [0, 0.1) is 11.8 Å². The summed E-state index contributed by atoms with van der Waals surface area (Å²) < 4.78 is 0. The van der Waals surface area contributed by atoms with E-state index < -0.39 is 5.97 Å². The Morgan fingerprint density at radius 1 is 1.47 bits per heavy atom. The number of carbonyl (C=O) groups is 1. The molecule has 17 heavy (non-hydrogen) atoms. The number of nitrogens with one attached hydrogen (secondary N) is 1. The fraction of sp³-hybridized carbons (Fsp3) is 0.692. The minimum absolute atomic E-state index is 0.306. The molecule has 1 aromatic rings. The Morgan fingerprint density at radius 2 is 2.24 bits per heavy atom. The quantitative estimate of drug-likeness (QED) is 0.841. The first-order chi connectivity index (χ1) is 8.16. The third kappa shape index (κ3) is 1.85. The summed E-state index contributed by atoms with van der Waals surface area (Å²) in [5.74, 6) is 1.06. The number of H-pyrrole nitrogens is 1. The molecule has 1 aromatic heterocycles. The van der Waals surface area contributed by atoms with E-state index >= 15 is 0 Å². The minimum atomic E-state index is -0.881. The average Bonchev–Trinajstić information content (AvgIpc) is 2.92. The second kappa shape index (κ2) is 3.86. The molecule has 0 spiro atoms. The zero-order chi connectivity index (χ0) is 12.0. The third-order valence-electron chi connectivity index (χ3n) is 4.26. The van der Waals surface area contributed by atoms with Crippen LogP contribution in [0.5, 0.6) is 0 Å². The van der Waals surface area contributed by atoms with Gasteiger partial charge in [0.15, 0.2) is 0 Å². The van der Waals surface area contributed by atoms with Gasteiger partial charge in [-0.25, -0.2) is 4.79 Å². The lowest BCUT2D eigenvalue weighted by Gasteiger charge is -2.14. The molecule has 2 aliphatic rings.